The maximum Gasteiger partial charge on any atom is 0.341 e. The maximum absolute atomic E-state index is 15.8. The van der Waals surface area contributed by atoms with E-state index in [1.165, 1.54) is 4.57 Å². The Balaban J connectivity index is 1.99. The van der Waals surface area contributed by atoms with E-state index in [0.717, 1.165) is 38.4 Å². The number of halogens is 2. The zero-order valence-corrected chi connectivity index (χ0v) is 16.2. The van der Waals surface area contributed by atoms with Gasteiger partial charge in [-0.25, -0.2) is 13.6 Å². The molecule has 156 valence electrons. The first-order chi connectivity index (χ1) is 13.9. The van der Waals surface area contributed by atoms with Crippen LogP contribution in [0.2, 0.25) is 0 Å². The van der Waals surface area contributed by atoms with E-state index in [1.807, 2.05) is 6.92 Å². The number of aromatic nitrogens is 1. The Morgan fingerprint density at radius 3 is 2.66 bits per heavy atom. The van der Waals surface area contributed by atoms with Gasteiger partial charge in [0.25, 0.3) is 0 Å². The van der Waals surface area contributed by atoms with Gasteiger partial charge < -0.3 is 25.6 Å². The Hall–Kier alpha value is -2.68. The third-order valence-corrected chi connectivity index (χ3v) is 5.83. The van der Waals surface area contributed by atoms with Crippen LogP contribution in [-0.4, -0.2) is 41.3 Å². The van der Waals surface area contributed by atoms with Gasteiger partial charge in [-0.15, -0.1) is 0 Å². The van der Waals surface area contributed by atoms with Gasteiger partial charge in [0.1, 0.15) is 11.3 Å². The summed E-state index contributed by atoms with van der Waals surface area (Å²) >= 11 is 0. The predicted octanol–water partition coefficient (Wildman–Crippen LogP) is 2.47. The number of nitrogens with one attached hydrogen (secondary N) is 1. The van der Waals surface area contributed by atoms with E-state index < -0.39 is 39.7 Å². The van der Waals surface area contributed by atoms with Crippen LogP contribution in [0.5, 0.6) is 0 Å². The molecule has 0 radical (unpaired) electrons. The molecular weight excluding hydrogens is 382 g/mol. The Kier molecular flexibility index (Phi) is 4.94. The Morgan fingerprint density at radius 2 is 2.03 bits per heavy atom. The van der Waals surface area contributed by atoms with Gasteiger partial charge in [-0.3, -0.25) is 4.79 Å². The van der Waals surface area contributed by atoms with Crippen LogP contribution in [0, 0.1) is 11.6 Å². The summed E-state index contributed by atoms with van der Waals surface area (Å²) in [6.45, 7) is 3.77. The van der Waals surface area contributed by atoms with E-state index in [0.29, 0.717) is 13.1 Å². The molecule has 1 aromatic heterocycles. The van der Waals surface area contributed by atoms with Crippen molar-refractivity contribution in [1.82, 2.24) is 9.88 Å². The molecule has 1 saturated carbocycles. The molecule has 1 atom stereocenters. The molecule has 1 saturated heterocycles. The first-order valence-electron chi connectivity index (χ1n) is 9.92. The van der Waals surface area contributed by atoms with E-state index in [9.17, 15) is 14.7 Å². The highest BCUT2D eigenvalue weighted by molar-refractivity contribution is 5.99. The van der Waals surface area contributed by atoms with Gasteiger partial charge in [0, 0.05) is 31.4 Å². The summed E-state index contributed by atoms with van der Waals surface area (Å²) in [5.41, 5.74) is 3.65. The smallest absolute Gasteiger partial charge is 0.341 e. The van der Waals surface area contributed by atoms with Crippen LogP contribution in [0.3, 0.4) is 0 Å². The summed E-state index contributed by atoms with van der Waals surface area (Å²) in [5.74, 6) is -3.29. The lowest BCUT2D eigenvalue weighted by molar-refractivity contribution is 0.0695. The number of aromatic carboxylic acids is 1. The molecule has 0 spiro atoms. The highest BCUT2D eigenvalue weighted by atomic mass is 19.1. The number of fused-ring (bicyclic) bond motifs is 1. The molecule has 1 aliphatic heterocycles. The van der Waals surface area contributed by atoms with Gasteiger partial charge in [0.2, 0.25) is 5.43 Å². The van der Waals surface area contributed by atoms with Gasteiger partial charge in [-0.2, -0.15) is 0 Å². The van der Waals surface area contributed by atoms with Crippen molar-refractivity contribution in [1.29, 1.82) is 0 Å². The Bertz CT molecular complexity index is 1050. The van der Waals surface area contributed by atoms with Crippen molar-refractivity contribution >= 4 is 28.2 Å². The second-order valence-corrected chi connectivity index (χ2v) is 7.73. The number of likely N-dealkylation sites (N-methyl/N-ethyl adjacent to an activating group) is 1. The Labute approximate surface area is 166 Å². The fraction of sp³-hybridized carbons (Fsp3) is 0.500. The molecule has 2 fully saturated rings. The van der Waals surface area contributed by atoms with Crippen LogP contribution in [0.15, 0.2) is 11.0 Å². The number of nitrogens with zero attached hydrogens (tertiary/aromatic N) is 2. The first-order valence-corrected chi connectivity index (χ1v) is 9.92. The second-order valence-electron chi connectivity index (χ2n) is 7.73. The standard InChI is InChI=1S/C20H24F2N4O3/c1-2-24-8-11-4-3-7-25(11)18-14(21)16(23)13-17(15(18)22)26(10-5-6-10)9-12(19(13)27)20(28)29/h9-11,24H,2-8,23H2,1H3,(H,28,29). The van der Waals surface area contributed by atoms with Gasteiger partial charge in [-0.1, -0.05) is 6.92 Å². The zero-order valence-electron chi connectivity index (χ0n) is 16.2. The number of rotatable bonds is 6. The fourth-order valence-corrected chi connectivity index (χ4v) is 4.25. The quantitative estimate of drug-likeness (QED) is 0.638. The number of hydrogen-bond donors (Lipinski definition) is 3. The number of carboxylic acids is 1. The van der Waals surface area contributed by atoms with Gasteiger partial charge in [0.05, 0.1) is 16.6 Å². The average Bonchev–Trinajstić information content (AvgIpc) is 3.43. The van der Waals surface area contributed by atoms with Crippen LogP contribution in [-0.2, 0) is 0 Å². The SMILES string of the molecule is CCNCC1CCCN1c1c(F)c(N)c2c(=O)c(C(=O)O)cn(C3CC3)c2c1F. The molecule has 2 heterocycles. The summed E-state index contributed by atoms with van der Waals surface area (Å²) in [6, 6.07) is -0.213. The molecule has 9 heteroatoms. The summed E-state index contributed by atoms with van der Waals surface area (Å²) in [4.78, 5) is 25.9. The summed E-state index contributed by atoms with van der Waals surface area (Å²) in [5, 5.41) is 12.2. The van der Waals surface area contributed by atoms with E-state index in [2.05, 4.69) is 5.32 Å². The number of pyridine rings is 1. The molecule has 4 N–H and O–H groups in total. The lowest BCUT2D eigenvalue weighted by atomic mass is 10.1. The highest BCUT2D eigenvalue weighted by Crippen LogP contribution is 2.42. The number of nitrogen functional groups attached to an aromatic ring is 1. The lowest BCUT2D eigenvalue weighted by Gasteiger charge is -2.29. The minimum Gasteiger partial charge on any atom is -0.477 e. The van der Waals surface area contributed by atoms with Crippen molar-refractivity contribution in [2.45, 2.75) is 44.7 Å². The predicted molar refractivity (Wildman–Crippen MR) is 107 cm³/mol. The summed E-state index contributed by atoms with van der Waals surface area (Å²) in [6.07, 6.45) is 4.21. The molecule has 0 amide bonds. The molecular formula is C20H24F2N4O3. The molecule has 7 nitrogen and oxygen atoms in total. The largest absolute Gasteiger partial charge is 0.477 e. The van der Waals surface area contributed by atoms with E-state index in [-0.39, 0.29) is 23.3 Å². The molecule has 4 rings (SSSR count). The molecule has 1 aliphatic carbocycles. The topological polar surface area (TPSA) is 101 Å². The average molecular weight is 406 g/mol. The van der Waals surface area contributed by atoms with Crippen molar-refractivity contribution in [3.8, 4) is 0 Å². The molecule has 2 aromatic rings. The fourth-order valence-electron chi connectivity index (χ4n) is 4.25. The molecule has 0 bridgehead atoms. The molecule has 1 aromatic carbocycles. The summed E-state index contributed by atoms with van der Waals surface area (Å²) in [7, 11) is 0. The normalized spacial score (nSPS) is 19.3. The van der Waals surface area contributed by atoms with Crippen molar-refractivity contribution in [2.24, 2.45) is 0 Å². The van der Waals surface area contributed by atoms with Crippen molar-refractivity contribution in [3.63, 3.8) is 0 Å². The van der Waals surface area contributed by atoms with Crippen LogP contribution < -0.4 is 21.4 Å². The van der Waals surface area contributed by atoms with Crippen LogP contribution in [0.1, 0.15) is 49.0 Å². The molecule has 1 unspecified atom stereocenters. The minimum absolute atomic E-state index is 0.0878. The van der Waals surface area contributed by atoms with E-state index >= 15 is 8.78 Å². The van der Waals surface area contributed by atoms with E-state index in [4.69, 9.17) is 5.73 Å². The third-order valence-electron chi connectivity index (χ3n) is 5.83. The number of anilines is 2. The maximum atomic E-state index is 15.8. The highest BCUT2D eigenvalue weighted by Gasteiger charge is 2.35. The van der Waals surface area contributed by atoms with Gasteiger partial charge in [0.15, 0.2) is 11.6 Å². The monoisotopic (exact) mass is 406 g/mol. The second kappa shape index (κ2) is 7.29. The first kappa shape index (κ1) is 19.6. The Morgan fingerprint density at radius 1 is 1.31 bits per heavy atom. The van der Waals surface area contributed by atoms with Crippen LogP contribution in [0.25, 0.3) is 10.9 Å². The number of benzene rings is 1. The van der Waals surface area contributed by atoms with Crippen molar-refractivity contribution in [3.05, 3.63) is 33.6 Å². The van der Waals surface area contributed by atoms with Gasteiger partial charge in [-0.05, 0) is 32.2 Å². The number of hydrogen-bond acceptors (Lipinski definition) is 5. The number of carbonyl (C=O) groups is 1. The number of carboxylic acid groups (broad SMARTS) is 1. The van der Waals surface area contributed by atoms with Crippen LogP contribution >= 0.6 is 0 Å². The van der Waals surface area contributed by atoms with Crippen molar-refractivity contribution < 1.29 is 18.7 Å². The third kappa shape index (κ3) is 3.13. The lowest BCUT2D eigenvalue weighted by Crippen LogP contribution is -2.39. The van der Waals surface area contributed by atoms with Crippen molar-refractivity contribution in [2.75, 3.05) is 30.3 Å². The van der Waals surface area contributed by atoms with Crippen LogP contribution in [0.4, 0.5) is 20.2 Å². The molecule has 2 aliphatic rings. The molecule has 29 heavy (non-hydrogen) atoms. The number of nitrogens with two attached hydrogens (primary N) is 1. The van der Waals surface area contributed by atoms with Gasteiger partial charge >= 0.3 is 5.97 Å². The van der Waals surface area contributed by atoms with E-state index in [1.54, 1.807) is 4.90 Å². The zero-order chi connectivity index (χ0) is 20.9. The summed E-state index contributed by atoms with van der Waals surface area (Å²) < 4.78 is 32.5. The minimum atomic E-state index is -1.44.